The molecule has 0 aliphatic rings. The summed E-state index contributed by atoms with van der Waals surface area (Å²) in [6, 6.07) is 5.38. The maximum atomic E-state index is 6.01. The fourth-order valence-electron chi connectivity index (χ4n) is 1.32. The second kappa shape index (κ2) is 9.42. The van der Waals surface area contributed by atoms with Gasteiger partial charge in [-0.3, -0.25) is 0 Å². The molecule has 0 aliphatic heterocycles. The van der Waals surface area contributed by atoms with Gasteiger partial charge in [0, 0.05) is 13.1 Å². The van der Waals surface area contributed by atoms with E-state index in [0.717, 1.165) is 5.69 Å². The van der Waals surface area contributed by atoms with Crippen molar-refractivity contribution in [3.8, 4) is 0 Å². The topological polar surface area (TPSA) is 56.5 Å². The maximum Gasteiger partial charge on any atom is 0.0719 e. The van der Waals surface area contributed by atoms with Crippen LogP contribution in [0.4, 0.5) is 5.69 Å². The van der Waals surface area contributed by atoms with E-state index in [1.54, 1.807) is 18.2 Å². The van der Waals surface area contributed by atoms with Crippen LogP contribution in [0.2, 0.25) is 10.0 Å². The van der Waals surface area contributed by atoms with Crippen LogP contribution < -0.4 is 11.1 Å². The van der Waals surface area contributed by atoms with Gasteiger partial charge in [-0.2, -0.15) is 0 Å². The van der Waals surface area contributed by atoms with Crippen molar-refractivity contribution in [3.63, 3.8) is 0 Å². The van der Waals surface area contributed by atoms with E-state index in [0.29, 0.717) is 49.6 Å². The Kier molecular flexibility index (Phi) is 8.13. The molecule has 0 spiro atoms. The number of halogens is 2. The van der Waals surface area contributed by atoms with Crippen molar-refractivity contribution in [2.45, 2.75) is 0 Å². The van der Waals surface area contributed by atoms with Crippen LogP contribution >= 0.6 is 23.2 Å². The van der Waals surface area contributed by atoms with Gasteiger partial charge in [0.1, 0.15) is 0 Å². The zero-order chi connectivity index (χ0) is 13.2. The highest BCUT2D eigenvalue weighted by molar-refractivity contribution is 6.39. The Hall–Kier alpha value is -0.520. The first kappa shape index (κ1) is 15.5. The lowest BCUT2D eigenvalue weighted by Crippen LogP contribution is -2.15. The first-order chi connectivity index (χ1) is 8.75. The summed E-state index contributed by atoms with van der Waals surface area (Å²) in [6.45, 7) is 3.42. The molecular weight excluding hydrogens is 275 g/mol. The normalized spacial score (nSPS) is 10.6. The highest BCUT2D eigenvalue weighted by Crippen LogP contribution is 2.29. The van der Waals surface area contributed by atoms with E-state index < -0.39 is 0 Å². The van der Waals surface area contributed by atoms with Crippen LogP contribution in [-0.2, 0) is 9.47 Å². The minimum absolute atomic E-state index is 0.534. The van der Waals surface area contributed by atoms with Gasteiger partial charge in [-0.15, -0.1) is 0 Å². The number of hydrogen-bond acceptors (Lipinski definition) is 4. The van der Waals surface area contributed by atoms with Gasteiger partial charge in [0.25, 0.3) is 0 Å². The molecule has 4 nitrogen and oxygen atoms in total. The molecule has 102 valence electrons. The summed E-state index contributed by atoms with van der Waals surface area (Å²) < 4.78 is 10.5. The molecule has 0 radical (unpaired) electrons. The van der Waals surface area contributed by atoms with E-state index in [9.17, 15) is 0 Å². The van der Waals surface area contributed by atoms with E-state index >= 15 is 0 Å². The molecule has 0 unspecified atom stereocenters. The van der Waals surface area contributed by atoms with Gasteiger partial charge < -0.3 is 20.5 Å². The molecule has 1 rings (SSSR count). The van der Waals surface area contributed by atoms with Gasteiger partial charge >= 0.3 is 0 Å². The third kappa shape index (κ3) is 5.89. The Morgan fingerprint density at radius 2 is 1.61 bits per heavy atom. The second-order valence-corrected chi connectivity index (χ2v) is 4.35. The predicted octanol–water partition coefficient (Wildman–Crippen LogP) is 2.40. The standard InChI is InChI=1S/C12H18Cl2N2O2/c13-10-2-1-3-11(14)12(10)16-5-7-18-9-8-17-6-4-15/h1-3,16H,4-9,15H2. The van der Waals surface area contributed by atoms with Crippen LogP contribution in [0.15, 0.2) is 18.2 Å². The first-order valence-corrected chi connectivity index (χ1v) is 6.54. The van der Waals surface area contributed by atoms with E-state index in [1.165, 1.54) is 0 Å². The third-order valence-corrected chi connectivity index (χ3v) is 2.78. The molecule has 18 heavy (non-hydrogen) atoms. The third-order valence-electron chi connectivity index (χ3n) is 2.15. The van der Waals surface area contributed by atoms with E-state index in [-0.39, 0.29) is 0 Å². The number of nitrogens with one attached hydrogen (secondary N) is 1. The Balaban J connectivity index is 2.11. The molecule has 0 amide bonds. The first-order valence-electron chi connectivity index (χ1n) is 5.79. The van der Waals surface area contributed by atoms with Crippen molar-refractivity contribution in [2.75, 3.05) is 44.8 Å². The largest absolute Gasteiger partial charge is 0.380 e. The zero-order valence-electron chi connectivity index (χ0n) is 10.1. The Labute approximate surface area is 117 Å². The molecule has 0 bridgehead atoms. The highest BCUT2D eigenvalue weighted by Gasteiger charge is 2.03. The van der Waals surface area contributed by atoms with Crippen molar-refractivity contribution in [3.05, 3.63) is 28.2 Å². The fourth-order valence-corrected chi connectivity index (χ4v) is 1.85. The van der Waals surface area contributed by atoms with Gasteiger partial charge in [-0.05, 0) is 12.1 Å². The number of rotatable bonds is 9. The minimum Gasteiger partial charge on any atom is -0.380 e. The monoisotopic (exact) mass is 292 g/mol. The summed E-state index contributed by atoms with van der Waals surface area (Å²) in [5, 5.41) is 4.34. The second-order valence-electron chi connectivity index (χ2n) is 3.54. The molecule has 3 N–H and O–H groups in total. The molecule has 0 heterocycles. The lowest BCUT2D eigenvalue weighted by Gasteiger charge is -2.10. The Bertz CT molecular complexity index is 331. The lowest BCUT2D eigenvalue weighted by atomic mass is 10.3. The highest BCUT2D eigenvalue weighted by atomic mass is 35.5. The Morgan fingerprint density at radius 3 is 2.22 bits per heavy atom. The van der Waals surface area contributed by atoms with Crippen LogP contribution in [0.3, 0.4) is 0 Å². The number of anilines is 1. The van der Waals surface area contributed by atoms with E-state index in [4.69, 9.17) is 38.4 Å². The predicted molar refractivity (Wildman–Crippen MR) is 75.6 cm³/mol. The maximum absolute atomic E-state index is 6.01. The zero-order valence-corrected chi connectivity index (χ0v) is 11.6. The fraction of sp³-hybridized carbons (Fsp3) is 0.500. The number of nitrogens with two attached hydrogens (primary N) is 1. The summed E-state index contributed by atoms with van der Waals surface area (Å²) in [7, 11) is 0. The number of ether oxygens (including phenoxy) is 2. The summed E-state index contributed by atoms with van der Waals surface area (Å²) in [4.78, 5) is 0. The lowest BCUT2D eigenvalue weighted by molar-refractivity contribution is 0.0548. The van der Waals surface area contributed by atoms with Gasteiger partial charge in [-0.1, -0.05) is 29.3 Å². The summed E-state index contributed by atoms with van der Waals surface area (Å²) in [5.41, 5.74) is 6.02. The Morgan fingerprint density at radius 1 is 1.00 bits per heavy atom. The average molecular weight is 293 g/mol. The molecule has 0 atom stereocenters. The number of benzene rings is 1. The van der Waals surface area contributed by atoms with Crippen molar-refractivity contribution in [2.24, 2.45) is 5.73 Å². The van der Waals surface area contributed by atoms with Gasteiger partial charge in [0.2, 0.25) is 0 Å². The summed E-state index contributed by atoms with van der Waals surface area (Å²) >= 11 is 12.0. The number of hydrogen-bond donors (Lipinski definition) is 2. The molecule has 0 aromatic heterocycles. The van der Waals surface area contributed by atoms with Crippen LogP contribution in [0.5, 0.6) is 0 Å². The molecule has 1 aromatic rings. The van der Waals surface area contributed by atoms with Crippen molar-refractivity contribution >= 4 is 28.9 Å². The van der Waals surface area contributed by atoms with Crippen LogP contribution in [0, 0.1) is 0 Å². The number of para-hydroxylation sites is 1. The molecule has 0 saturated carbocycles. The van der Waals surface area contributed by atoms with E-state index in [2.05, 4.69) is 5.32 Å². The van der Waals surface area contributed by atoms with Crippen molar-refractivity contribution in [1.29, 1.82) is 0 Å². The van der Waals surface area contributed by atoms with Gasteiger partial charge in [-0.25, -0.2) is 0 Å². The van der Waals surface area contributed by atoms with Crippen LogP contribution in [0.25, 0.3) is 0 Å². The average Bonchev–Trinajstić information content (AvgIpc) is 2.35. The van der Waals surface area contributed by atoms with Crippen LogP contribution in [0.1, 0.15) is 0 Å². The quantitative estimate of drug-likeness (QED) is 0.686. The SMILES string of the molecule is NCCOCCOCCNc1c(Cl)cccc1Cl. The van der Waals surface area contributed by atoms with Crippen molar-refractivity contribution in [1.82, 2.24) is 0 Å². The summed E-state index contributed by atoms with van der Waals surface area (Å²) in [5.74, 6) is 0. The molecule has 0 fully saturated rings. The summed E-state index contributed by atoms with van der Waals surface area (Å²) in [6.07, 6.45) is 0. The van der Waals surface area contributed by atoms with Gasteiger partial charge in [0.15, 0.2) is 0 Å². The smallest absolute Gasteiger partial charge is 0.0719 e. The minimum atomic E-state index is 0.534. The van der Waals surface area contributed by atoms with E-state index in [1.807, 2.05) is 0 Å². The molecule has 1 aromatic carbocycles. The van der Waals surface area contributed by atoms with Gasteiger partial charge in [0.05, 0.1) is 42.2 Å². The van der Waals surface area contributed by atoms with Crippen LogP contribution in [-0.4, -0.2) is 39.5 Å². The molecule has 0 saturated heterocycles. The molecule has 6 heteroatoms. The molecular formula is C12H18Cl2N2O2. The van der Waals surface area contributed by atoms with Crippen molar-refractivity contribution < 1.29 is 9.47 Å². The molecule has 0 aliphatic carbocycles.